The van der Waals surface area contributed by atoms with Crippen LogP contribution in [0.4, 0.5) is 13.6 Å². The molecule has 2 N–H and O–H groups in total. The van der Waals surface area contributed by atoms with Gasteiger partial charge in [0.15, 0.2) is 0 Å². The molecule has 0 bridgehead atoms. The van der Waals surface area contributed by atoms with Gasteiger partial charge < -0.3 is 20.1 Å². The highest BCUT2D eigenvalue weighted by Gasteiger charge is 2.37. The van der Waals surface area contributed by atoms with Gasteiger partial charge in [-0.15, -0.1) is 0 Å². The summed E-state index contributed by atoms with van der Waals surface area (Å²) in [6.07, 6.45) is 0.301. The van der Waals surface area contributed by atoms with Crippen molar-refractivity contribution in [2.24, 2.45) is 5.73 Å². The Labute approximate surface area is 234 Å². The van der Waals surface area contributed by atoms with Crippen molar-refractivity contribution in [3.05, 3.63) is 62.2 Å². The van der Waals surface area contributed by atoms with Crippen molar-refractivity contribution in [2.75, 3.05) is 32.5 Å². The van der Waals surface area contributed by atoms with Crippen molar-refractivity contribution < 1.29 is 36.3 Å². The van der Waals surface area contributed by atoms with Crippen molar-refractivity contribution in [1.29, 1.82) is 0 Å². The fourth-order valence-electron chi connectivity index (χ4n) is 4.13. The molecule has 1 unspecified atom stereocenters. The number of ether oxygens (including phenoxy) is 2. The van der Waals surface area contributed by atoms with Crippen LogP contribution in [0.5, 0.6) is 5.75 Å². The average molecular weight is 665 g/mol. The first-order chi connectivity index (χ1) is 17.5. The third kappa shape index (κ3) is 7.76. The zero-order valence-corrected chi connectivity index (χ0v) is 24.4. The third-order valence-electron chi connectivity index (χ3n) is 5.73. The van der Waals surface area contributed by atoms with Gasteiger partial charge in [0.1, 0.15) is 29.6 Å². The Bertz CT molecular complexity index is 1330. The zero-order chi connectivity index (χ0) is 28.4. The summed E-state index contributed by atoms with van der Waals surface area (Å²) in [5, 5.41) is 0. The molecule has 1 aliphatic heterocycles. The van der Waals surface area contributed by atoms with Crippen molar-refractivity contribution in [3.63, 3.8) is 0 Å². The van der Waals surface area contributed by atoms with Crippen LogP contribution < -0.4 is 10.5 Å². The second-order valence-electron chi connectivity index (χ2n) is 9.98. The minimum Gasteiger partial charge on any atom is -0.491 e. The average Bonchev–Trinajstić information content (AvgIpc) is 2.77. The zero-order valence-electron chi connectivity index (χ0n) is 21.5. The van der Waals surface area contributed by atoms with E-state index in [0.29, 0.717) is 3.57 Å². The van der Waals surface area contributed by atoms with E-state index in [9.17, 15) is 26.8 Å². The molecule has 208 valence electrons. The second-order valence-corrected chi connectivity index (χ2v) is 13.2. The van der Waals surface area contributed by atoms with Crippen LogP contribution in [0.2, 0.25) is 0 Å². The molecule has 0 saturated carbocycles. The summed E-state index contributed by atoms with van der Waals surface area (Å²) in [4.78, 5) is 26.3. The van der Waals surface area contributed by atoms with E-state index >= 15 is 0 Å². The monoisotopic (exact) mass is 665 g/mol. The Morgan fingerprint density at radius 1 is 1.13 bits per heavy atom. The largest absolute Gasteiger partial charge is 0.491 e. The number of primary amides is 1. The summed E-state index contributed by atoms with van der Waals surface area (Å²) in [6.45, 7) is 4.89. The van der Waals surface area contributed by atoms with Crippen LogP contribution in [0.15, 0.2) is 30.3 Å². The number of hydrogen-bond donors (Lipinski definition) is 1. The summed E-state index contributed by atoms with van der Waals surface area (Å²) in [5.74, 6) is -2.39. The van der Waals surface area contributed by atoms with Gasteiger partial charge >= 0.3 is 6.09 Å². The third-order valence-corrected chi connectivity index (χ3v) is 7.73. The Morgan fingerprint density at radius 3 is 2.39 bits per heavy atom. The lowest BCUT2D eigenvalue weighted by atomic mass is 9.98. The highest BCUT2D eigenvalue weighted by molar-refractivity contribution is 14.1. The lowest BCUT2D eigenvalue weighted by molar-refractivity contribution is 0.00985. The van der Waals surface area contributed by atoms with Gasteiger partial charge in [-0.1, -0.05) is 6.07 Å². The van der Waals surface area contributed by atoms with E-state index in [1.165, 1.54) is 21.3 Å². The molecule has 2 amide bonds. The number of carbonyl (C=O) groups excluding carboxylic acids is 2. The van der Waals surface area contributed by atoms with Crippen LogP contribution in [0.25, 0.3) is 0 Å². The number of amides is 2. The highest BCUT2D eigenvalue weighted by Crippen LogP contribution is 2.28. The minimum atomic E-state index is -3.69. The Morgan fingerprint density at radius 2 is 1.82 bits per heavy atom. The first kappa shape index (κ1) is 30.0. The molecule has 0 spiro atoms. The molecule has 1 saturated heterocycles. The molecular formula is C25H30F2IN3O6S. The van der Waals surface area contributed by atoms with Crippen LogP contribution in [-0.2, 0) is 21.2 Å². The number of carbonyl (C=O) groups is 2. The van der Waals surface area contributed by atoms with Crippen LogP contribution in [0, 0.1) is 15.2 Å². The molecule has 3 rings (SSSR count). The first-order valence-corrected chi connectivity index (χ1v) is 14.6. The summed E-state index contributed by atoms with van der Waals surface area (Å²) >= 11 is 1.96. The number of nitrogens with zero attached hydrogens (tertiary/aromatic N) is 2. The van der Waals surface area contributed by atoms with Gasteiger partial charge in [0.2, 0.25) is 10.0 Å². The van der Waals surface area contributed by atoms with Crippen LogP contribution in [-0.4, -0.2) is 73.8 Å². The number of sulfonamides is 1. The summed E-state index contributed by atoms with van der Waals surface area (Å²) in [6, 6.07) is 5.72. The Kier molecular flexibility index (Phi) is 9.24. The maximum atomic E-state index is 14.6. The quantitative estimate of drug-likeness (QED) is 0.453. The summed E-state index contributed by atoms with van der Waals surface area (Å²) in [5.41, 5.74) is 5.05. The maximum absolute atomic E-state index is 14.6. The molecule has 1 atom stereocenters. The van der Waals surface area contributed by atoms with E-state index in [0.717, 1.165) is 18.4 Å². The predicted molar refractivity (Wildman–Crippen MR) is 145 cm³/mol. The van der Waals surface area contributed by atoms with Crippen molar-refractivity contribution in [2.45, 2.75) is 38.8 Å². The molecular weight excluding hydrogens is 635 g/mol. The molecule has 0 aromatic heterocycles. The molecule has 0 radical (unpaired) electrons. The van der Waals surface area contributed by atoms with E-state index in [4.69, 9.17) is 15.2 Å². The molecule has 38 heavy (non-hydrogen) atoms. The van der Waals surface area contributed by atoms with E-state index in [-0.39, 0.29) is 55.1 Å². The van der Waals surface area contributed by atoms with Crippen LogP contribution >= 0.6 is 22.6 Å². The Balaban J connectivity index is 1.90. The number of piperazine rings is 1. The van der Waals surface area contributed by atoms with Crippen LogP contribution in [0.3, 0.4) is 0 Å². The lowest BCUT2D eigenvalue weighted by Gasteiger charge is -2.40. The first-order valence-electron chi connectivity index (χ1n) is 11.7. The number of halogens is 3. The van der Waals surface area contributed by atoms with Gasteiger partial charge in [0.25, 0.3) is 5.91 Å². The number of rotatable bonds is 7. The number of hydrogen-bond acceptors (Lipinski definition) is 6. The highest BCUT2D eigenvalue weighted by atomic mass is 127. The van der Waals surface area contributed by atoms with Crippen molar-refractivity contribution >= 4 is 44.6 Å². The van der Waals surface area contributed by atoms with Crippen LogP contribution in [0.1, 0.15) is 42.3 Å². The maximum Gasteiger partial charge on any atom is 0.410 e. The van der Waals surface area contributed by atoms with Crippen molar-refractivity contribution in [1.82, 2.24) is 9.21 Å². The van der Waals surface area contributed by atoms with E-state index in [1.54, 1.807) is 26.8 Å². The van der Waals surface area contributed by atoms with Gasteiger partial charge in [-0.2, -0.15) is 4.31 Å². The lowest BCUT2D eigenvalue weighted by Crippen LogP contribution is -2.58. The molecule has 0 aliphatic carbocycles. The fraction of sp³-hybridized carbons (Fsp3) is 0.440. The SMILES string of the molecule is CC(C)(C)OC(=O)N1CCN(S(C)(=O)=O)C(COc2cc(F)cc(Cc3ccc(I)cc3F)c2C(N)=O)C1. The fourth-order valence-corrected chi connectivity index (χ4v) is 5.66. The number of benzene rings is 2. The molecule has 2 aromatic carbocycles. The van der Waals surface area contributed by atoms with E-state index < -0.39 is 45.3 Å². The standard InChI is InChI=1S/C25H30F2IN3O6S/c1-25(2,3)37-24(33)30-7-8-31(38(4,34)35)19(13-30)14-36-21-11-17(26)10-16(22(21)23(29)32)9-15-5-6-18(28)12-20(15)27/h5-6,10-12,19H,7-9,13-14H2,1-4H3,(H2,29,32). The van der Waals surface area contributed by atoms with Gasteiger partial charge in [-0.05, 0) is 72.7 Å². The number of nitrogens with two attached hydrogens (primary N) is 1. The second kappa shape index (κ2) is 11.7. The van der Waals surface area contributed by atoms with E-state index in [1.807, 2.05) is 22.6 Å². The van der Waals surface area contributed by atoms with Crippen molar-refractivity contribution in [3.8, 4) is 5.75 Å². The van der Waals surface area contributed by atoms with Gasteiger partial charge in [-0.3, -0.25) is 4.79 Å². The molecule has 1 heterocycles. The van der Waals surface area contributed by atoms with Gasteiger partial charge in [-0.25, -0.2) is 22.0 Å². The summed E-state index contributed by atoms with van der Waals surface area (Å²) < 4.78 is 66.9. The van der Waals surface area contributed by atoms with Gasteiger partial charge in [0.05, 0.1) is 17.9 Å². The molecule has 2 aromatic rings. The van der Waals surface area contributed by atoms with Gasteiger partial charge in [0, 0.05) is 35.7 Å². The molecule has 13 heteroatoms. The molecule has 1 aliphatic rings. The Hall–Kier alpha value is -2.52. The topological polar surface area (TPSA) is 119 Å². The predicted octanol–water partition coefficient (Wildman–Crippen LogP) is 3.52. The summed E-state index contributed by atoms with van der Waals surface area (Å²) in [7, 11) is -3.69. The smallest absolute Gasteiger partial charge is 0.410 e. The molecule has 9 nitrogen and oxygen atoms in total. The minimum absolute atomic E-state index is 0.00470. The van der Waals surface area contributed by atoms with E-state index in [2.05, 4.69) is 0 Å². The normalized spacial score (nSPS) is 16.8. The molecule has 1 fully saturated rings.